The Morgan fingerprint density at radius 2 is 1.87 bits per heavy atom. The standard InChI is InChI=1S/C20H18ClF3N2O4S/c1-10(27)25-18-17(12-4-2-3-5-15(12)31-18)19(29)30-9-16(28)26-14-8-11(20(22,23)24)6-7-13(14)21/h6-8H,2-5,9H2,1H3,(H,25,27)(H,26,28). The second-order valence-electron chi connectivity index (χ2n) is 6.91. The minimum atomic E-state index is -4.60. The van der Waals surface area contributed by atoms with Crippen molar-refractivity contribution in [3.05, 3.63) is 44.8 Å². The molecule has 2 N–H and O–H groups in total. The molecular weight excluding hydrogens is 457 g/mol. The average Bonchev–Trinajstić information content (AvgIpc) is 3.04. The van der Waals surface area contributed by atoms with Crippen molar-refractivity contribution in [2.75, 3.05) is 17.2 Å². The molecule has 31 heavy (non-hydrogen) atoms. The van der Waals surface area contributed by atoms with Gasteiger partial charge >= 0.3 is 12.1 Å². The van der Waals surface area contributed by atoms with Crippen LogP contribution < -0.4 is 10.6 Å². The van der Waals surface area contributed by atoms with Gasteiger partial charge in [-0.1, -0.05) is 11.6 Å². The van der Waals surface area contributed by atoms with Gasteiger partial charge in [0.2, 0.25) is 5.91 Å². The number of nitrogens with one attached hydrogen (secondary N) is 2. The number of ether oxygens (including phenoxy) is 1. The Labute approximate surface area is 184 Å². The van der Waals surface area contributed by atoms with Crippen molar-refractivity contribution in [3.8, 4) is 0 Å². The van der Waals surface area contributed by atoms with E-state index in [1.165, 1.54) is 18.3 Å². The number of carbonyl (C=O) groups excluding carboxylic acids is 3. The van der Waals surface area contributed by atoms with Gasteiger partial charge in [0.15, 0.2) is 6.61 Å². The summed E-state index contributed by atoms with van der Waals surface area (Å²) in [6, 6.07) is 2.51. The van der Waals surface area contributed by atoms with Crippen LogP contribution in [0.15, 0.2) is 18.2 Å². The van der Waals surface area contributed by atoms with E-state index in [0.717, 1.165) is 41.8 Å². The Bertz CT molecular complexity index is 1040. The molecule has 3 rings (SSSR count). The zero-order valence-corrected chi connectivity index (χ0v) is 17.9. The molecule has 1 aliphatic rings. The van der Waals surface area contributed by atoms with Gasteiger partial charge in [-0.2, -0.15) is 13.2 Å². The van der Waals surface area contributed by atoms with Crippen molar-refractivity contribution in [2.24, 2.45) is 0 Å². The lowest BCUT2D eigenvalue weighted by Gasteiger charge is -2.13. The number of benzene rings is 1. The Hall–Kier alpha value is -2.59. The molecule has 1 aromatic heterocycles. The summed E-state index contributed by atoms with van der Waals surface area (Å²) < 4.78 is 43.7. The summed E-state index contributed by atoms with van der Waals surface area (Å²) in [5.41, 5.74) is -0.204. The van der Waals surface area contributed by atoms with Gasteiger partial charge in [-0.3, -0.25) is 9.59 Å². The summed E-state index contributed by atoms with van der Waals surface area (Å²) in [4.78, 5) is 37.3. The molecule has 1 aliphatic carbocycles. The molecule has 0 atom stereocenters. The molecule has 0 saturated heterocycles. The quantitative estimate of drug-likeness (QED) is 0.594. The second kappa shape index (κ2) is 9.27. The molecular formula is C20H18ClF3N2O4S. The van der Waals surface area contributed by atoms with Crippen LogP contribution >= 0.6 is 22.9 Å². The number of halogens is 4. The van der Waals surface area contributed by atoms with Crippen molar-refractivity contribution in [2.45, 2.75) is 38.8 Å². The first-order valence-electron chi connectivity index (χ1n) is 9.32. The lowest BCUT2D eigenvalue weighted by atomic mass is 9.95. The number of hydrogen-bond acceptors (Lipinski definition) is 5. The molecule has 0 aliphatic heterocycles. The number of amides is 2. The van der Waals surface area contributed by atoms with Crippen LogP contribution in [-0.4, -0.2) is 24.4 Å². The number of esters is 1. The number of anilines is 2. The zero-order chi connectivity index (χ0) is 22.8. The average molecular weight is 475 g/mol. The van der Waals surface area contributed by atoms with Gasteiger partial charge < -0.3 is 15.4 Å². The van der Waals surface area contributed by atoms with Crippen LogP contribution in [0.5, 0.6) is 0 Å². The SMILES string of the molecule is CC(=O)Nc1sc2c(c1C(=O)OCC(=O)Nc1cc(C(F)(F)F)ccc1Cl)CCCC2. The highest BCUT2D eigenvalue weighted by Gasteiger charge is 2.31. The maximum atomic E-state index is 12.9. The van der Waals surface area contributed by atoms with Crippen molar-refractivity contribution < 1.29 is 32.3 Å². The maximum Gasteiger partial charge on any atom is 0.416 e. The molecule has 0 bridgehead atoms. The number of rotatable bonds is 5. The Morgan fingerprint density at radius 3 is 2.55 bits per heavy atom. The third kappa shape index (κ3) is 5.56. The van der Waals surface area contributed by atoms with Crippen LogP contribution in [0.4, 0.5) is 23.9 Å². The summed E-state index contributed by atoms with van der Waals surface area (Å²) in [7, 11) is 0. The van der Waals surface area contributed by atoms with E-state index in [1.807, 2.05) is 0 Å². The molecule has 2 aromatic rings. The lowest BCUT2D eigenvalue weighted by molar-refractivity contribution is -0.137. The summed E-state index contributed by atoms with van der Waals surface area (Å²) in [5, 5.41) is 5.11. The summed E-state index contributed by atoms with van der Waals surface area (Å²) >= 11 is 7.16. The Balaban J connectivity index is 1.71. The van der Waals surface area contributed by atoms with E-state index >= 15 is 0 Å². The van der Waals surface area contributed by atoms with E-state index in [-0.39, 0.29) is 22.2 Å². The van der Waals surface area contributed by atoms with E-state index < -0.39 is 30.2 Å². The summed E-state index contributed by atoms with van der Waals surface area (Å²) in [6.45, 7) is 0.593. The molecule has 0 radical (unpaired) electrons. The van der Waals surface area contributed by atoms with Gasteiger partial charge in [0.1, 0.15) is 5.00 Å². The first-order chi connectivity index (χ1) is 14.6. The van der Waals surface area contributed by atoms with Crippen LogP contribution in [-0.2, 0) is 33.3 Å². The number of fused-ring (bicyclic) bond motifs is 1. The van der Waals surface area contributed by atoms with Gasteiger partial charge in [-0.05, 0) is 49.4 Å². The molecule has 11 heteroatoms. The fourth-order valence-corrected chi connectivity index (χ4v) is 4.70. The highest BCUT2D eigenvalue weighted by Crippen LogP contribution is 2.38. The largest absolute Gasteiger partial charge is 0.452 e. The third-order valence-corrected chi connectivity index (χ3v) is 6.10. The first kappa shape index (κ1) is 23.1. The summed E-state index contributed by atoms with van der Waals surface area (Å²) in [6.07, 6.45) is -1.30. The second-order valence-corrected chi connectivity index (χ2v) is 8.43. The van der Waals surface area contributed by atoms with E-state index in [0.29, 0.717) is 17.5 Å². The molecule has 2 amide bonds. The fourth-order valence-electron chi connectivity index (χ4n) is 3.22. The van der Waals surface area contributed by atoms with Crippen molar-refractivity contribution in [1.29, 1.82) is 0 Å². The van der Waals surface area contributed by atoms with Gasteiger partial charge in [-0.15, -0.1) is 11.3 Å². The van der Waals surface area contributed by atoms with Gasteiger partial charge in [0, 0.05) is 11.8 Å². The van der Waals surface area contributed by atoms with Crippen LogP contribution in [0, 0.1) is 0 Å². The van der Waals surface area contributed by atoms with Crippen LogP contribution in [0.25, 0.3) is 0 Å². The first-order valence-corrected chi connectivity index (χ1v) is 10.5. The van der Waals surface area contributed by atoms with Gasteiger partial charge in [0.05, 0.1) is 21.8 Å². The highest BCUT2D eigenvalue weighted by molar-refractivity contribution is 7.17. The van der Waals surface area contributed by atoms with Crippen LogP contribution in [0.1, 0.15) is 46.1 Å². The van der Waals surface area contributed by atoms with E-state index in [4.69, 9.17) is 16.3 Å². The zero-order valence-electron chi connectivity index (χ0n) is 16.3. The number of hydrogen-bond donors (Lipinski definition) is 2. The number of aryl methyl sites for hydroxylation is 1. The summed E-state index contributed by atoms with van der Waals surface area (Å²) in [5.74, 6) is -1.97. The molecule has 166 valence electrons. The molecule has 0 saturated carbocycles. The number of alkyl halides is 3. The van der Waals surface area contributed by atoms with Gasteiger partial charge in [0.25, 0.3) is 5.91 Å². The van der Waals surface area contributed by atoms with E-state index in [2.05, 4.69) is 10.6 Å². The molecule has 1 heterocycles. The topological polar surface area (TPSA) is 84.5 Å². The highest BCUT2D eigenvalue weighted by atomic mass is 35.5. The van der Waals surface area contributed by atoms with E-state index in [1.54, 1.807) is 0 Å². The predicted molar refractivity (Wildman–Crippen MR) is 111 cm³/mol. The minimum absolute atomic E-state index is 0.0903. The molecule has 6 nitrogen and oxygen atoms in total. The van der Waals surface area contributed by atoms with Gasteiger partial charge in [-0.25, -0.2) is 4.79 Å². The Kier molecular flexibility index (Phi) is 6.90. The van der Waals surface area contributed by atoms with Crippen molar-refractivity contribution in [3.63, 3.8) is 0 Å². The minimum Gasteiger partial charge on any atom is -0.452 e. The fraction of sp³-hybridized carbons (Fsp3) is 0.350. The normalized spacial score (nSPS) is 13.3. The monoisotopic (exact) mass is 474 g/mol. The van der Waals surface area contributed by atoms with Crippen molar-refractivity contribution in [1.82, 2.24) is 0 Å². The van der Waals surface area contributed by atoms with E-state index in [9.17, 15) is 27.6 Å². The molecule has 1 aromatic carbocycles. The van der Waals surface area contributed by atoms with Crippen LogP contribution in [0.2, 0.25) is 5.02 Å². The third-order valence-electron chi connectivity index (χ3n) is 4.57. The van der Waals surface area contributed by atoms with Crippen LogP contribution in [0.3, 0.4) is 0 Å². The smallest absolute Gasteiger partial charge is 0.416 e. The lowest BCUT2D eigenvalue weighted by Crippen LogP contribution is -2.22. The predicted octanol–water partition coefficient (Wildman–Crippen LogP) is 5.05. The number of carbonyl (C=O) groups is 3. The number of thiophene rings is 1. The molecule has 0 fully saturated rings. The molecule has 0 spiro atoms. The maximum absolute atomic E-state index is 12.9. The Morgan fingerprint density at radius 1 is 1.16 bits per heavy atom. The molecule has 0 unspecified atom stereocenters. The van der Waals surface area contributed by atoms with Crippen molar-refractivity contribution >= 4 is 51.4 Å².